The molecule has 1 unspecified atom stereocenters. The summed E-state index contributed by atoms with van der Waals surface area (Å²) in [7, 11) is 1.82. The number of rotatable bonds is 3. The molecule has 0 radical (unpaired) electrons. The highest BCUT2D eigenvalue weighted by Crippen LogP contribution is 2.25. The standard InChI is InChI=1S/C16H15F2N3/c1-21-15-8-3-2-5-10(15)16(20-21)14(19)9-11-12(17)6-4-7-13(11)18/h2-8,14H,9,19H2,1H3. The first-order chi connectivity index (χ1) is 10.1. The average molecular weight is 287 g/mol. The predicted molar refractivity (Wildman–Crippen MR) is 77.7 cm³/mol. The Labute approximate surface area is 121 Å². The molecule has 0 aliphatic carbocycles. The summed E-state index contributed by atoms with van der Waals surface area (Å²) in [6.45, 7) is 0. The topological polar surface area (TPSA) is 43.8 Å². The molecular formula is C16H15F2N3. The highest BCUT2D eigenvalue weighted by molar-refractivity contribution is 5.82. The Balaban J connectivity index is 2.00. The first-order valence-electron chi connectivity index (χ1n) is 6.68. The number of hydrogen-bond acceptors (Lipinski definition) is 2. The molecule has 2 N–H and O–H groups in total. The van der Waals surface area contributed by atoms with Crippen molar-refractivity contribution >= 4 is 10.9 Å². The molecule has 0 saturated heterocycles. The fraction of sp³-hybridized carbons (Fsp3) is 0.188. The number of nitrogens with zero attached hydrogens (tertiary/aromatic N) is 2. The maximum atomic E-state index is 13.7. The summed E-state index contributed by atoms with van der Waals surface area (Å²) in [5.41, 5.74) is 7.73. The van der Waals surface area contributed by atoms with Crippen LogP contribution in [0.3, 0.4) is 0 Å². The van der Waals surface area contributed by atoms with Gasteiger partial charge in [0.25, 0.3) is 0 Å². The Hall–Kier alpha value is -2.27. The van der Waals surface area contributed by atoms with Gasteiger partial charge < -0.3 is 5.73 Å². The van der Waals surface area contributed by atoms with Crippen molar-refractivity contribution in [2.45, 2.75) is 12.5 Å². The van der Waals surface area contributed by atoms with Gasteiger partial charge in [0.15, 0.2) is 0 Å². The van der Waals surface area contributed by atoms with E-state index in [4.69, 9.17) is 5.73 Å². The maximum absolute atomic E-state index is 13.7. The van der Waals surface area contributed by atoms with Crippen molar-refractivity contribution in [3.05, 3.63) is 65.4 Å². The summed E-state index contributed by atoms with van der Waals surface area (Å²) in [6, 6.07) is 10.9. The molecule has 0 aliphatic rings. The van der Waals surface area contributed by atoms with Crippen LogP contribution in [-0.4, -0.2) is 9.78 Å². The van der Waals surface area contributed by atoms with Gasteiger partial charge in [-0.05, 0) is 24.6 Å². The van der Waals surface area contributed by atoms with Gasteiger partial charge >= 0.3 is 0 Å². The number of fused-ring (bicyclic) bond motifs is 1. The molecule has 0 spiro atoms. The first kappa shape index (κ1) is 13.7. The van der Waals surface area contributed by atoms with E-state index >= 15 is 0 Å². The quantitative estimate of drug-likeness (QED) is 0.804. The highest BCUT2D eigenvalue weighted by Gasteiger charge is 2.19. The zero-order chi connectivity index (χ0) is 15.0. The summed E-state index contributed by atoms with van der Waals surface area (Å²) in [4.78, 5) is 0. The van der Waals surface area contributed by atoms with E-state index in [2.05, 4.69) is 5.10 Å². The van der Waals surface area contributed by atoms with E-state index in [1.54, 1.807) is 4.68 Å². The number of aromatic nitrogens is 2. The lowest BCUT2D eigenvalue weighted by Gasteiger charge is -2.11. The average Bonchev–Trinajstić information content (AvgIpc) is 2.81. The number of aryl methyl sites for hydroxylation is 1. The van der Waals surface area contributed by atoms with Crippen molar-refractivity contribution in [3.8, 4) is 0 Å². The maximum Gasteiger partial charge on any atom is 0.129 e. The molecule has 3 aromatic rings. The van der Waals surface area contributed by atoms with Crippen LogP contribution in [0.1, 0.15) is 17.3 Å². The molecule has 0 bridgehead atoms. The molecule has 3 rings (SSSR count). The lowest BCUT2D eigenvalue weighted by atomic mass is 10.0. The van der Waals surface area contributed by atoms with Crippen LogP contribution in [-0.2, 0) is 13.5 Å². The van der Waals surface area contributed by atoms with Crippen LogP contribution in [0.25, 0.3) is 10.9 Å². The van der Waals surface area contributed by atoms with E-state index in [1.807, 2.05) is 31.3 Å². The molecule has 0 fully saturated rings. The Morgan fingerprint density at radius 2 is 1.76 bits per heavy atom. The zero-order valence-corrected chi connectivity index (χ0v) is 11.6. The molecule has 0 saturated carbocycles. The van der Waals surface area contributed by atoms with Gasteiger partial charge in [-0.2, -0.15) is 5.10 Å². The Morgan fingerprint density at radius 1 is 1.10 bits per heavy atom. The number of halogens is 2. The third-order valence-corrected chi connectivity index (χ3v) is 3.62. The van der Waals surface area contributed by atoms with E-state index in [9.17, 15) is 8.78 Å². The molecule has 0 amide bonds. The van der Waals surface area contributed by atoms with Gasteiger partial charge in [-0.3, -0.25) is 4.68 Å². The van der Waals surface area contributed by atoms with E-state index in [0.29, 0.717) is 5.69 Å². The number of hydrogen-bond donors (Lipinski definition) is 1. The van der Waals surface area contributed by atoms with Gasteiger partial charge in [0.1, 0.15) is 11.6 Å². The molecule has 21 heavy (non-hydrogen) atoms. The minimum Gasteiger partial charge on any atom is -0.322 e. The van der Waals surface area contributed by atoms with Crippen molar-refractivity contribution in [3.63, 3.8) is 0 Å². The molecule has 1 aromatic heterocycles. The number of nitrogens with two attached hydrogens (primary N) is 1. The van der Waals surface area contributed by atoms with Crippen molar-refractivity contribution in [2.75, 3.05) is 0 Å². The van der Waals surface area contributed by atoms with Gasteiger partial charge in [0.05, 0.1) is 17.3 Å². The van der Waals surface area contributed by atoms with Crippen molar-refractivity contribution in [1.82, 2.24) is 9.78 Å². The highest BCUT2D eigenvalue weighted by atomic mass is 19.1. The minimum atomic E-state index is -0.578. The lowest BCUT2D eigenvalue weighted by Crippen LogP contribution is -2.16. The van der Waals surface area contributed by atoms with Crippen LogP contribution in [0.15, 0.2) is 42.5 Å². The van der Waals surface area contributed by atoms with Gasteiger partial charge in [0, 0.05) is 18.0 Å². The molecule has 1 atom stereocenters. The smallest absolute Gasteiger partial charge is 0.129 e. The molecule has 108 valence electrons. The molecule has 5 heteroatoms. The third kappa shape index (κ3) is 2.40. The monoisotopic (exact) mass is 287 g/mol. The first-order valence-corrected chi connectivity index (χ1v) is 6.68. The van der Waals surface area contributed by atoms with Gasteiger partial charge in [-0.15, -0.1) is 0 Å². The Kier molecular flexibility index (Phi) is 3.43. The summed E-state index contributed by atoms with van der Waals surface area (Å²) < 4.78 is 29.2. The van der Waals surface area contributed by atoms with Gasteiger partial charge in [0.2, 0.25) is 0 Å². The van der Waals surface area contributed by atoms with Crippen molar-refractivity contribution in [2.24, 2.45) is 12.8 Å². The summed E-state index contributed by atoms with van der Waals surface area (Å²) in [6.07, 6.45) is 0.0690. The van der Waals surface area contributed by atoms with E-state index in [-0.39, 0.29) is 12.0 Å². The van der Waals surface area contributed by atoms with Crippen LogP contribution in [0.5, 0.6) is 0 Å². The largest absolute Gasteiger partial charge is 0.322 e. The molecule has 3 nitrogen and oxygen atoms in total. The van der Waals surface area contributed by atoms with E-state index < -0.39 is 17.7 Å². The molecule has 1 heterocycles. The van der Waals surface area contributed by atoms with Crippen LogP contribution in [0, 0.1) is 11.6 Å². The molecular weight excluding hydrogens is 272 g/mol. The lowest BCUT2D eigenvalue weighted by molar-refractivity contribution is 0.536. The molecule has 2 aromatic carbocycles. The van der Waals surface area contributed by atoms with Crippen LogP contribution >= 0.6 is 0 Å². The SMILES string of the molecule is Cn1nc(C(N)Cc2c(F)cccc2F)c2ccccc21. The van der Waals surface area contributed by atoms with Crippen molar-refractivity contribution in [1.29, 1.82) is 0 Å². The normalized spacial score (nSPS) is 12.8. The predicted octanol–water partition coefficient (Wildman–Crippen LogP) is 3.09. The van der Waals surface area contributed by atoms with Crippen molar-refractivity contribution < 1.29 is 8.78 Å². The Bertz CT molecular complexity index is 775. The van der Waals surface area contributed by atoms with Crippen LogP contribution in [0.4, 0.5) is 8.78 Å². The fourth-order valence-electron chi connectivity index (χ4n) is 2.56. The second-order valence-electron chi connectivity index (χ2n) is 5.04. The fourth-order valence-corrected chi connectivity index (χ4v) is 2.56. The third-order valence-electron chi connectivity index (χ3n) is 3.62. The van der Waals surface area contributed by atoms with Gasteiger partial charge in [-0.1, -0.05) is 24.3 Å². The van der Waals surface area contributed by atoms with Crippen LogP contribution in [0.2, 0.25) is 0 Å². The summed E-state index contributed by atoms with van der Waals surface area (Å²) >= 11 is 0. The molecule has 0 aliphatic heterocycles. The second-order valence-corrected chi connectivity index (χ2v) is 5.04. The number of para-hydroxylation sites is 1. The summed E-state index contributed by atoms with van der Waals surface area (Å²) in [5.74, 6) is -1.16. The zero-order valence-electron chi connectivity index (χ0n) is 11.6. The minimum absolute atomic E-state index is 0.000246. The number of benzene rings is 2. The summed E-state index contributed by atoms with van der Waals surface area (Å²) in [5, 5.41) is 5.30. The Morgan fingerprint density at radius 3 is 2.48 bits per heavy atom. The van der Waals surface area contributed by atoms with Gasteiger partial charge in [-0.25, -0.2) is 8.78 Å². The van der Waals surface area contributed by atoms with E-state index in [1.165, 1.54) is 18.2 Å². The second kappa shape index (κ2) is 5.26. The van der Waals surface area contributed by atoms with Crippen LogP contribution < -0.4 is 5.73 Å². The van der Waals surface area contributed by atoms with E-state index in [0.717, 1.165) is 10.9 Å².